The van der Waals surface area contributed by atoms with E-state index in [1.165, 1.54) is 12.4 Å². The Morgan fingerprint density at radius 2 is 0.951 bits per heavy atom. The van der Waals surface area contributed by atoms with Crippen LogP contribution in [-0.2, 0) is 26.4 Å². The first-order valence-corrected chi connectivity index (χ1v) is 35.6. The second-order valence-corrected chi connectivity index (χ2v) is 26.5. The fourth-order valence-electron chi connectivity index (χ4n) is 12.2. The SMILES string of the molecule is COc1cc(Cl)c(OCc2cccc(-c3cccc(OCCCN4CCC(O)CC4)c3C)c2C)cc1OCc1cncc(C#N)c1.Cc1c(COc2cc(OCc3cncc(C#N)c3)c(C3=NCC(O)CN3)cc2Cl)cccc1-c1cccc(OCCCN2CCC(O)CC2)c1C.NCC(O)CN. The number of methoxy groups -OCH3 is 1. The Morgan fingerprint density at radius 1 is 0.515 bits per heavy atom. The number of amidine groups is 1. The number of nitrogens with one attached hydrogen (secondary N) is 1. The van der Waals surface area contributed by atoms with Crippen molar-refractivity contribution >= 4 is 29.0 Å². The summed E-state index contributed by atoms with van der Waals surface area (Å²) in [6.07, 6.45) is 10.2. The number of likely N-dealkylation sites (tertiary alicyclic amines) is 2. The molecule has 2 aromatic heterocycles. The van der Waals surface area contributed by atoms with Crippen LogP contribution < -0.4 is 49.9 Å². The van der Waals surface area contributed by atoms with Crippen LogP contribution in [0.25, 0.3) is 22.3 Å². The maximum absolute atomic E-state index is 9.96. The Balaban J connectivity index is 0.000000223. The number of aliphatic imine (C=N–C) groups is 1. The number of aliphatic hydroxyl groups excluding tert-OH is 4. The number of ether oxygens (including phenoxy) is 7. The minimum Gasteiger partial charge on any atom is -0.493 e. The summed E-state index contributed by atoms with van der Waals surface area (Å²) < 4.78 is 42.8. The van der Waals surface area contributed by atoms with E-state index in [0.717, 1.165) is 156 Å². The molecule has 0 aliphatic carbocycles. The van der Waals surface area contributed by atoms with E-state index < -0.39 is 12.2 Å². The fraction of sp³-hybridized carbons (Fsp3) is 0.388. The van der Waals surface area contributed by atoms with Crippen molar-refractivity contribution in [1.29, 1.82) is 10.5 Å². The Kier molecular flexibility index (Phi) is 30.0. The van der Waals surface area contributed by atoms with Gasteiger partial charge >= 0.3 is 0 Å². The molecule has 6 aromatic carbocycles. The van der Waals surface area contributed by atoms with Gasteiger partial charge in [0.25, 0.3) is 0 Å². The van der Waals surface area contributed by atoms with E-state index in [9.17, 15) is 20.6 Å². The van der Waals surface area contributed by atoms with Gasteiger partial charge in [0.05, 0.1) is 78.0 Å². The molecule has 11 rings (SSSR count). The van der Waals surface area contributed by atoms with Crippen LogP contribution in [0.3, 0.4) is 0 Å². The number of piperidine rings is 2. The van der Waals surface area contributed by atoms with Crippen molar-refractivity contribution in [1.82, 2.24) is 25.1 Å². The second kappa shape index (κ2) is 39.5. The number of hydrogen-bond acceptors (Lipinski definition) is 21. The molecule has 8 aromatic rings. The lowest BCUT2D eigenvalue weighted by molar-refractivity contribution is 0.0797. The third-order valence-electron chi connectivity index (χ3n) is 18.3. The maximum Gasteiger partial charge on any atom is 0.165 e. The fourth-order valence-corrected chi connectivity index (χ4v) is 12.6. The zero-order valence-electron chi connectivity index (χ0n) is 59.3. The number of hydrogen-bond donors (Lipinski definition) is 7. The van der Waals surface area contributed by atoms with Crippen LogP contribution in [0.15, 0.2) is 139 Å². The number of β-amino-alcohol motifs (C(OH)–C–C–N with tert-alkyl or cyclic N) is 1. The Morgan fingerprint density at radius 3 is 1.39 bits per heavy atom. The van der Waals surface area contributed by atoms with Crippen LogP contribution >= 0.6 is 23.2 Å². The van der Waals surface area contributed by atoms with E-state index in [1.54, 1.807) is 55.9 Å². The van der Waals surface area contributed by atoms with Gasteiger partial charge in [0, 0.05) is 113 Å². The molecular formula is C80H94Cl2N10O11. The average molecular weight is 1440 g/mol. The third kappa shape index (κ3) is 22.5. The molecule has 3 aliphatic rings. The van der Waals surface area contributed by atoms with E-state index in [4.69, 9.17) is 78.2 Å². The minimum atomic E-state index is -0.569. The molecule has 103 heavy (non-hydrogen) atoms. The summed E-state index contributed by atoms with van der Waals surface area (Å²) in [6.45, 7) is 17.5. The smallest absolute Gasteiger partial charge is 0.165 e. The summed E-state index contributed by atoms with van der Waals surface area (Å²) in [5, 5.41) is 60.3. The molecule has 1 atom stereocenters. The number of benzene rings is 6. The number of rotatable bonds is 28. The summed E-state index contributed by atoms with van der Waals surface area (Å²) in [6, 6.07) is 39.4. The molecule has 5 heterocycles. The molecule has 0 amide bonds. The highest BCUT2D eigenvalue weighted by Crippen LogP contribution is 2.41. The van der Waals surface area contributed by atoms with Gasteiger partial charge in [-0.15, -0.1) is 0 Å². The number of halogens is 2. The zero-order valence-corrected chi connectivity index (χ0v) is 60.8. The van der Waals surface area contributed by atoms with Gasteiger partial charge < -0.3 is 80.2 Å². The van der Waals surface area contributed by atoms with Gasteiger partial charge in [-0.3, -0.25) is 15.0 Å². The van der Waals surface area contributed by atoms with Crippen molar-refractivity contribution < 1.29 is 53.6 Å². The van der Waals surface area contributed by atoms with Crippen LogP contribution in [0.4, 0.5) is 0 Å². The first kappa shape index (κ1) is 78.1. The van der Waals surface area contributed by atoms with Crippen molar-refractivity contribution in [3.05, 3.63) is 205 Å². The minimum absolute atomic E-state index is 0.149. The van der Waals surface area contributed by atoms with Gasteiger partial charge in [0.1, 0.15) is 73.1 Å². The van der Waals surface area contributed by atoms with Crippen molar-refractivity contribution in [2.45, 2.75) is 117 Å². The lowest BCUT2D eigenvalue weighted by Gasteiger charge is -2.29. The molecule has 2 fully saturated rings. The number of nitrogens with two attached hydrogens (primary N) is 2. The second-order valence-electron chi connectivity index (χ2n) is 25.7. The van der Waals surface area contributed by atoms with E-state index in [2.05, 4.69) is 106 Å². The predicted octanol–water partition coefficient (Wildman–Crippen LogP) is 11.5. The Hall–Kier alpha value is -9.07. The van der Waals surface area contributed by atoms with Gasteiger partial charge in [-0.05, 0) is 152 Å². The van der Waals surface area contributed by atoms with Gasteiger partial charge in [-0.25, -0.2) is 0 Å². The van der Waals surface area contributed by atoms with E-state index in [-0.39, 0.29) is 51.7 Å². The van der Waals surface area contributed by atoms with Crippen LogP contribution in [0.5, 0.6) is 40.2 Å². The number of nitrogens with zero attached hydrogens (tertiary/aromatic N) is 7. The summed E-state index contributed by atoms with van der Waals surface area (Å²) in [4.78, 5) is 17.5. The molecule has 23 heteroatoms. The van der Waals surface area contributed by atoms with Gasteiger partial charge in [0.15, 0.2) is 11.5 Å². The molecule has 0 bridgehead atoms. The number of nitriles is 2. The van der Waals surface area contributed by atoms with Crippen molar-refractivity contribution in [2.24, 2.45) is 16.5 Å². The molecule has 21 nitrogen and oxygen atoms in total. The standard InChI is InChI=1S/C40H44ClN5O5.C37H40ClN3O5.C3H10N2O/c1-26-30(6-3-7-33(26)34-8-4-9-37(27(34)2)49-15-5-12-46-13-10-31(47)11-14-46)25-51-39-18-38(50-24-29-16-28(19-42)20-43-21-29)35(17-36(39)41)40-44-22-32(48)23-45-40;1-25-29(24-46-35-19-37(36(43-3)18-33(35)38)45-23-28-17-27(20-39)21-40-22-28)7-4-8-31(25)32-9-5-10-34(26(32)2)44-16-6-13-41-14-11-30(42)12-15-41;4-1-3(6)2-5/h3-4,6-9,16-18,20-21,31-32,47-48H,5,10-15,22-25H2,1-2H3,(H,44,45);4-5,7-10,17-19,21-22,30,42H,6,11-16,23-24H2,1-3H3;3,6H,1-2,4-5H2. The van der Waals surface area contributed by atoms with Gasteiger partial charge in [-0.2, -0.15) is 10.5 Å². The largest absolute Gasteiger partial charge is 0.493 e. The van der Waals surface area contributed by atoms with Gasteiger partial charge in [0.2, 0.25) is 0 Å². The number of pyridine rings is 2. The molecule has 2 saturated heterocycles. The van der Waals surface area contributed by atoms with Crippen LogP contribution in [-0.4, -0.2) is 156 Å². The molecule has 3 aliphatic heterocycles. The van der Waals surface area contributed by atoms with Crippen molar-refractivity contribution in [2.75, 3.05) is 85.8 Å². The highest BCUT2D eigenvalue weighted by Gasteiger charge is 2.24. The summed E-state index contributed by atoms with van der Waals surface area (Å²) in [7, 11) is 1.55. The maximum atomic E-state index is 9.96. The lowest BCUT2D eigenvalue weighted by atomic mass is 9.93. The molecule has 0 spiro atoms. The van der Waals surface area contributed by atoms with Crippen molar-refractivity contribution in [3.63, 3.8) is 0 Å². The molecule has 1 unspecified atom stereocenters. The van der Waals surface area contributed by atoms with Crippen LogP contribution in [0, 0.1) is 50.4 Å². The predicted molar refractivity (Wildman–Crippen MR) is 401 cm³/mol. The highest BCUT2D eigenvalue weighted by molar-refractivity contribution is 6.33. The first-order chi connectivity index (χ1) is 49.9. The summed E-state index contributed by atoms with van der Waals surface area (Å²) in [5.74, 6) is 4.70. The van der Waals surface area contributed by atoms with Crippen molar-refractivity contribution in [3.8, 4) is 74.6 Å². The molecule has 0 radical (unpaired) electrons. The van der Waals surface area contributed by atoms with E-state index in [0.29, 0.717) is 87.7 Å². The molecule has 544 valence electrons. The highest BCUT2D eigenvalue weighted by atomic mass is 35.5. The first-order valence-electron chi connectivity index (χ1n) is 34.8. The number of aliphatic hydroxyl groups is 4. The summed E-state index contributed by atoms with van der Waals surface area (Å²) in [5.41, 5.74) is 23.8. The monoisotopic (exact) mass is 1440 g/mol. The quantitative estimate of drug-likeness (QED) is 0.0224. The normalized spacial score (nSPS) is 14.9. The zero-order chi connectivity index (χ0) is 73.2. The Labute approximate surface area is 614 Å². The van der Waals surface area contributed by atoms with Crippen LogP contribution in [0.1, 0.15) is 99.7 Å². The topological polar surface area (TPSA) is 302 Å². The van der Waals surface area contributed by atoms with E-state index in [1.807, 2.05) is 36.4 Å². The lowest BCUT2D eigenvalue weighted by Crippen LogP contribution is -2.39. The molecule has 0 saturated carbocycles. The number of aromatic nitrogens is 2. The Bertz CT molecular complexity index is 4210. The average Bonchev–Trinajstić information content (AvgIpc) is 0.811. The van der Waals surface area contributed by atoms with Crippen LogP contribution in [0.2, 0.25) is 10.0 Å². The molecular weight excluding hydrogens is 1350 g/mol. The van der Waals surface area contributed by atoms with Gasteiger partial charge in [-0.1, -0.05) is 83.9 Å². The van der Waals surface area contributed by atoms with E-state index >= 15 is 0 Å². The third-order valence-corrected chi connectivity index (χ3v) is 18.9. The molecule has 9 N–H and O–H groups in total. The summed E-state index contributed by atoms with van der Waals surface area (Å²) >= 11 is 13.4.